The molecule has 3 aromatic rings. The SMILES string of the molecule is Cc1ccc(CC(=O)N2CCCC[C@H]2c2[nH]ncc2-c2cc(C)no2)cc1. The second kappa shape index (κ2) is 7.39. The molecule has 2 aromatic heterocycles. The Labute approximate surface area is 158 Å². The summed E-state index contributed by atoms with van der Waals surface area (Å²) in [6.07, 6.45) is 5.21. The molecule has 0 spiro atoms. The summed E-state index contributed by atoms with van der Waals surface area (Å²) in [5, 5.41) is 11.3. The molecule has 1 N–H and O–H groups in total. The zero-order valence-electron chi connectivity index (χ0n) is 15.7. The molecule has 1 saturated heterocycles. The Bertz CT molecular complexity index is 926. The van der Waals surface area contributed by atoms with Crippen LogP contribution < -0.4 is 0 Å². The van der Waals surface area contributed by atoms with Crippen molar-refractivity contribution in [3.63, 3.8) is 0 Å². The number of hydrogen-bond donors (Lipinski definition) is 1. The van der Waals surface area contributed by atoms with Crippen LogP contribution >= 0.6 is 0 Å². The Hall–Kier alpha value is -2.89. The van der Waals surface area contributed by atoms with Gasteiger partial charge < -0.3 is 9.42 Å². The number of hydrogen-bond acceptors (Lipinski definition) is 4. The van der Waals surface area contributed by atoms with Gasteiger partial charge in [0.15, 0.2) is 5.76 Å². The molecule has 6 nitrogen and oxygen atoms in total. The minimum atomic E-state index is -0.0143. The number of benzene rings is 1. The van der Waals surface area contributed by atoms with E-state index in [1.54, 1.807) is 6.20 Å². The number of aromatic nitrogens is 3. The van der Waals surface area contributed by atoms with Gasteiger partial charge in [-0.25, -0.2) is 0 Å². The van der Waals surface area contributed by atoms with Gasteiger partial charge in [-0.3, -0.25) is 9.89 Å². The fourth-order valence-electron chi connectivity index (χ4n) is 3.75. The summed E-state index contributed by atoms with van der Waals surface area (Å²) in [6.45, 7) is 4.71. The lowest BCUT2D eigenvalue weighted by atomic mass is 9.95. The smallest absolute Gasteiger partial charge is 0.227 e. The fraction of sp³-hybridized carbons (Fsp3) is 0.381. The highest BCUT2D eigenvalue weighted by atomic mass is 16.5. The number of aryl methyl sites for hydroxylation is 2. The lowest BCUT2D eigenvalue weighted by Crippen LogP contribution is -2.39. The number of piperidine rings is 1. The van der Waals surface area contributed by atoms with Crippen molar-refractivity contribution in [2.45, 2.75) is 45.6 Å². The Kier molecular flexibility index (Phi) is 4.79. The highest BCUT2D eigenvalue weighted by molar-refractivity contribution is 5.79. The predicted octanol–water partition coefficient (Wildman–Crippen LogP) is 3.98. The molecule has 1 fully saturated rings. The van der Waals surface area contributed by atoms with Crippen LogP contribution in [-0.4, -0.2) is 32.7 Å². The molecule has 0 bridgehead atoms. The van der Waals surface area contributed by atoms with Crippen LogP contribution in [-0.2, 0) is 11.2 Å². The van der Waals surface area contributed by atoms with Gasteiger partial charge in [0.05, 0.1) is 35.6 Å². The van der Waals surface area contributed by atoms with Gasteiger partial charge in [0.1, 0.15) is 0 Å². The molecule has 1 aliphatic rings. The third-order valence-electron chi connectivity index (χ3n) is 5.19. The van der Waals surface area contributed by atoms with E-state index in [0.717, 1.165) is 48.3 Å². The molecule has 0 radical (unpaired) electrons. The lowest BCUT2D eigenvalue weighted by Gasteiger charge is -2.35. The lowest BCUT2D eigenvalue weighted by molar-refractivity contribution is -0.134. The van der Waals surface area contributed by atoms with Crippen molar-refractivity contribution < 1.29 is 9.32 Å². The molecule has 3 heterocycles. The topological polar surface area (TPSA) is 75.0 Å². The van der Waals surface area contributed by atoms with Gasteiger partial charge in [0, 0.05) is 12.6 Å². The van der Waals surface area contributed by atoms with Gasteiger partial charge in [-0.05, 0) is 38.7 Å². The van der Waals surface area contributed by atoms with E-state index in [9.17, 15) is 4.79 Å². The first kappa shape index (κ1) is 17.5. The first-order valence-electron chi connectivity index (χ1n) is 9.44. The fourth-order valence-corrected chi connectivity index (χ4v) is 3.75. The quantitative estimate of drug-likeness (QED) is 0.760. The summed E-state index contributed by atoms with van der Waals surface area (Å²) >= 11 is 0. The standard InChI is InChI=1S/C21H24N4O2/c1-14-6-8-16(9-7-14)12-20(26)25-10-4-3-5-18(25)21-17(13-22-23-21)19-11-15(2)24-27-19/h6-9,11,13,18H,3-5,10,12H2,1-2H3,(H,22,23)/t18-/m0/s1. The Morgan fingerprint density at radius 1 is 1.26 bits per heavy atom. The van der Waals surface area contributed by atoms with E-state index in [2.05, 4.69) is 34.4 Å². The van der Waals surface area contributed by atoms with Gasteiger partial charge in [0.2, 0.25) is 5.91 Å². The maximum absolute atomic E-state index is 13.1. The molecule has 1 amide bonds. The number of carbonyl (C=O) groups is 1. The Balaban J connectivity index is 1.59. The van der Waals surface area contributed by atoms with Gasteiger partial charge in [-0.15, -0.1) is 0 Å². The van der Waals surface area contributed by atoms with Crippen molar-refractivity contribution in [1.29, 1.82) is 0 Å². The highest BCUT2D eigenvalue weighted by Gasteiger charge is 2.31. The Morgan fingerprint density at radius 3 is 2.81 bits per heavy atom. The average molecular weight is 364 g/mol. The number of nitrogens with zero attached hydrogens (tertiary/aromatic N) is 3. The summed E-state index contributed by atoms with van der Waals surface area (Å²) in [5.41, 5.74) is 4.89. The summed E-state index contributed by atoms with van der Waals surface area (Å²) in [7, 11) is 0. The normalized spacial score (nSPS) is 17.3. The molecule has 0 saturated carbocycles. The van der Waals surface area contributed by atoms with E-state index in [-0.39, 0.29) is 11.9 Å². The van der Waals surface area contributed by atoms with Crippen molar-refractivity contribution >= 4 is 5.91 Å². The summed E-state index contributed by atoms with van der Waals surface area (Å²) in [5.74, 6) is 0.839. The minimum absolute atomic E-state index is 0.0143. The van der Waals surface area contributed by atoms with E-state index in [1.165, 1.54) is 5.56 Å². The first-order chi connectivity index (χ1) is 13.1. The molecule has 1 atom stereocenters. The summed E-state index contributed by atoms with van der Waals surface area (Å²) in [6, 6.07) is 10.1. The van der Waals surface area contributed by atoms with Crippen LogP contribution in [0.15, 0.2) is 41.1 Å². The second-order valence-corrected chi connectivity index (χ2v) is 7.29. The van der Waals surface area contributed by atoms with Crippen LogP contribution in [0.1, 0.15) is 47.8 Å². The van der Waals surface area contributed by atoms with E-state index in [4.69, 9.17) is 4.52 Å². The number of rotatable bonds is 4. The zero-order chi connectivity index (χ0) is 18.8. The number of amides is 1. The molecule has 140 valence electrons. The van der Waals surface area contributed by atoms with Gasteiger partial charge in [-0.2, -0.15) is 5.10 Å². The molecule has 27 heavy (non-hydrogen) atoms. The number of H-pyrrole nitrogens is 1. The summed E-state index contributed by atoms with van der Waals surface area (Å²) < 4.78 is 5.43. The highest BCUT2D eigenvalue weighted by Crippen LogP contribution is 2.36. The molecule has 6 heteroatoms. The van der Waals surface area contributed by atoms with Crippen molar-refractivity contribution in [2.24, 2.45) is 0 Å². The monoisotopic (exact) mass is 364 g/mol. The van der Waals surface area contributed by atoms with Crippen LogP contribution in [0.25, 0.3) is 11.3 Å². The largest absolute Gasteiger partial charge is 0.356 e. The Morgan fingerprint density at radius 2 is 2.07 bits per heavy atom. The molecular formula is C21H24N4O2. The third-order valence-corrected chi connectivity index (χ3v) is 5.19. The molecular weight excluding hydrogens is 340 g/mol. The van der Waals surface area contributed by atoms with E-state index < -0.39 is 0 Å². The maximum atomic E-state index is 13.1. The van der Waals surface area contributed by atoms with Crippen LogP contribution in [0, 0.1) is 13.8 Å². The van der Waals surface area contributed by atoms with Crippen molar-refractivity contribution in [3.05, 3.63) is 59.0 Å². The van der Waals surface area contributed by atoms with Gasteiger partial charge in [-0.1, -0.05) is 35.0 Å². The number of carbonyl (C=O) groups excluding carboxylic acids is 1. The van der Waals surface area contributed by atoms with Crippen LogP contribution in [0.5, 0.6) is 0 Å². The van der Waals surface area contributed by atoms with E-state index in [0.29, 0.717) is 12.2 Å². The van der Waals surface area contributed by atoms with Crippen LogP contribution in [0.2, 0.25) is 0 Å². The van der Waals surface area contributed by atoms with Crippen molar-refractivity contribution in [3.8, 4) is 11.3 Å². The zero-order valence-corrected chi connectivity index (χ0v) is 15.7. The predicted molar refractivity (Wildman–Crippen MR) is 102 cm³/mol. The number of likely N-dealkylation sites (tertiary alicyclic amines) is 1. The van der Waals surface area contributed by atoms with E-state index in [1.807, 2.05) is 30.0 Å². The van der Waals surface area contributed by atoms with Crippen molar-refractivity contribution in [2.75, 3.05) is 6.54 Å². The van der Waals surface area contributed by atoms with Gasteiger partial charge >= 0.3 is 0 Å². The van der Waals surface area contributed by atoms with Crippen LogP contribution in [0.3, 0.4) is 0 Å². The van der Waals surface area contributed by atoms with E-state index >= 15 is 0 Å². The molecule has 1 aromatic carbocycles. The minimum Gasteiger partial charge on any atom is -0.356 e. The average Bonchev–Trinajstić information content (AvgIpc) is 3.32. The van der Waals surface area contributed by atoms with Gasteiger partial charge in [0.25, 0.3) is 0 Å². The number of aromatic amines is 1. The number of nitrogens with one attached hydrogen (secondary N) is 1. The summed E-state index contributed by atoms with van der Waals surface area (Å²) in [4.78, 5) is 15.1. The first-order valence-corrected chi connectivity index (χ1v) is 9.44. The molecule has 0 unspecified atom stereocenters. The molecule has 4 rings (SSSR count). The molecule has 1 aliphatic heterocycles. The molecule has 0 aliphatic carbocycles. The second-order valence-electron chi connectivity index (χ2n) is 7.29. The van der Waals surface area contributed by atoms with Crippen molar-refractivity contribution in [1.82, 2.24) is 20.3 Å². The maximum Gasteiger partial charge on any atom is 0.227 e. The van der Waals surface area contributed by atoms with Crippen LogP contribution in [0.4, 0.5) is 0 Å². The third kappa shape index (κ3) is 3.65.